The Kier molecular flexibility index (Phi) is 3.41. The summed E-state index contributed by atoms with van der Waals surface area (Å²) in [6.45, 7) is 0. The fourth-order valence-electron chi connectivity index (χ4n) is 1.21. The maximum absolute atomic E-state index is 12.0. The first-order valence-electron chi connectivity index (χ1n) is 4.60. The first-order valence-corrected chi connectivity index (χ1v) is 7.76. The van der Waals surface area contributed by atoms with Crippen LogP contribution < -0.4 is 10.5 Å². The molecule has 7 heteroatoms. The first-order chi connectivity index (χ1) is 7.99. The number of thiophene rings is 1. The van der Waals surface area contributed by atoms with Gasteiger partial charge in [0.25, 0.3) is 10.0 Å². The van der Waals surface area contributed by atoms with E-state index in [1.165, 1.54) is 6.07 Å². The average molecular weight is 333 g/mol. The Morgan fingerprint density at radius 2 is 2.00 bits per heavy atom. The van der Waals surface area contributed by atoms with Gasteiger partial charge in [0, 0.05) is 15.5 Å². The van der Waals surface area contributed by atoms with Gasteiger partial charge in [-0.15, -0.1) is 11.3 Å². The molecule has 0 unspecified atom stereocenters. The van der Waals surface area contributed by atoms with Gasteiger partial charge in [0.1, 0.15) is 4.21 Å². The highest BCUT2D eigenvalue weighted by Crippen LogP contribution is 2.27. The predicted octanol–water partition coefficient (Wildman–Crippen LogP) is 2.89. The van der Waals surface area contributed by atoms with Gasteiger partial charge in [-0.1, -0.05) is 12.1 Å². The third-order valence-corrected chi connectivity index (χ3v) is 5.49. The molecule has 90 valence electrons. The quantitative estimate of drug-likeness (QED) is 0.907. The lowest BCUT2D eigenvalue weighted by Gasteiger charge is -2.07. The molecule has 0 atom stereocenters. The van der Waals surface area contributed by atoms with Crippen LogP contribution in [0.1, 0.15) is 0 Å². The zero-order valence-corrected chi connectivity index (χ0v) is 11.8. The molecule has 3 N–H and O–H groups in total. The number of benzene rings is 1. The molecule has 0 aliphatic rings. The number of nitrogens with two attached hydrogens (primary N) is 1. The van der Waals surface area contributed by atoms with Crippen LogP contribution in [0.2, 0.25) is 0 Å². The summed E-state index contributed by atoms with van der Waals surface area (Å²) in [4.78, 5) is 0. The predicted molar refractivity (Wildman–Crippen MR) is 73.7 cm³/mol. The van der Waals surface area contributed by atoms with Crippen molar-refractivity contribution in [3.05, 3.63) is 40.2 Å². The van der Waals surface area contributed by atoms with Crippen molar-refractivity contribution >= 4 is 48.7 Å². The molecule has 2 aromatic rings. The minimum Gasteiger partial charge on any atom is -0.398 e. The Hall–Kier alpha value is -1.05. The topological polar surface area (TPSA) is 72.2 Å². The van der Waals surface area contributed by atoms with E-state index in [0.29, 0.717) is 15.8 Å². The van der Waals surface area contributed by atoms with Crippen LogP contribution in [-0.2, 0) is 10.0 Å². The molecular formula is C10H9BrN2O2S2. The van der Waals surface area contributed by atoms with E-state index in [9.17, 15) is 8.42 Å². The highest BCUT2D eigenvalue weighted by molar-refractivity contribution is 9.10. The van der Waals surface area contributed by atoms with E-state index in [4.69, 9.17) is 5.73 Å². The fraction of sp³-hybridized carbons (Fsp3) is 0. The van der Waals surface area contributed by atoms with Crippen LogP contribution in [-0.4, -0.2) is 8.42 Å². The lowest BCUT2D eigenvalue weighted by Crippen LogP contribution is -2.11. The second-order valence-electron chi connectivity index (χ2n) is 3.28. The number of hydrogen-bond donors (Lipinski definition) is 2. The third kappa shape index (κ3) is 2.80. The fourth-order valence-corrected chi connectivity index (χ4v) is 3.89. The molecule has 0 aliphatic heterocycles. The Bertz CT molecular complexity index is 637. The number of hydrogen-bond acceptors (Lipinski definition) is 4. The van der Waals surface area contributed by atoms with Gasteiger partial charge in [0.15, 0.2) is 0 Å². The maximum atomic E-state index is 12.0. The van der Waals surface area contributed by atoms with Gasteiger partial charge >= 0.3 is 0 Å². The minimum atomic E-state index is -3.56. The standard InChI is InChI=1S/C10H9BrN2O2S2/c11-8-3-1-2-4-9(8)13-17(14,15)10-5-7(12)6-16-10/h1-6,13H,12H2. The number of para-hydroxylation sites is 1. The smallest absolute Gasteiger partial charge is 0.271 e. The van der Waals surface area contributed by atoms with E-state index in [2.05, 4.69) is 20.7 Å². The van der Waals surface area contributed by atoms with Crippen LogP contribution in [0.4, 0.5) is 11.4 Å². The second-order valence-corrected chi connectivity index (χ2v) is 6.96. The third-order valence-electron chi connectivity index (χ3n) is 1.98. The van der Waals surface area contributed by atoms with E-state index in [0.717, 1.165) is 11.3 Å². The van der Waals surface area contributed by atoms with Crippen molar-refractivity contribution in [2.24, 2.45) is 0 Å². The highest BCUT2D eigenvalue weighted by Gasteiger charge is 2.17. The summed E-state index contributed by atoms with van der Waals surface area (Å²) in [7, 11) is -3.56. The van der Waals surface area contributed by atoms with E-state index >= 15 is 0 Å². The summed E-state index contributed by atoms with van der Waals surface area (Å²) >= 11 is 4.37. The number of halogens is 1. The molecule has 0 saturated carbocycles. The number of sulfonamides is 1. The van der Waals surface area contributed by atoms with Gasteiger partial charge in [-0.3, -0.25) is 4.72 Å². The Balaban J connectivity index is 2.33. The normalized spacial score (nSPS) is 11.4. The second kappa shape index (κ2) is 4.67. The Morgan fingerprint density at radius 1 is 1.29 bits per heavy atom. The molecule has 0 amide bonds. The maximum Gasteiger partial charge on any atom is 0.271 e. The zero-order chi connectivity index (χ0) is 12.5. The molecule has 0 fully saturated rings. The molecule has 0 aliphatic carbocycles. The van der Waals surface area contributed by atoms with Crippen molar-refractivity contribution < 1.29 is 8.42 Å². The first kappa shape index (κ1) is 12.4. The van der Waals surface area contributed by atoms with Crippen molar-refractivity contribution in [3.63, 3.8) is 0 Å². The molecule has 0 radical (unpaired) electrons. The Labute approximate surface area is 112 Å². The van der Waals surface area contributed by atoms with Gasteiger partial charge in [0.2, 0.25) is 0 Å². The number of rotatable bonds is 3. The molecule has 1 heterocycles. The van der Waals surface area contributed by atoms with Crippen LogP contribution in [0.15, 0.2) is 44.4 Å². The van der Waals surface area contributed by atoms with Crippen LogP contribution in [0.5, 0.6) is 0 Å². The van der Waals surface area contributed by atoms with Gasteiger partial charge < -0.3 is 5.73 Å². The monoisotopic (exact) mass is 332 g/mol. The van der Waals surface area contributed by atoms with E-state index in [1.807, 2.05) is 6.07 Å². The summed E-state index contributed by atoms with van der Waals surface area (Å²) in [6.07, 6.45) is 0. The lowest BCUT2D eigenvalue weighted by atomic mass is 10.3. The summed E-state index contributed by atoms with van der Waals surface area (Å²) in [5, 5.41) is 1.59. The summed E-state index contributed by atoms with van der Waals surface area (Å²) in [5.41, 5.74) is 6.45. The summed E-state index contributed by atoms with van der Waals surface area (Å²) in [5.74, 6) is 0. The largest absolute Gasteiger partial charge is 0.398 e. The van der Waals surface area contributed by atoms with Crippen LogP contribution in [0.25, 0.3) is 0 Å². The highest BCUT2D eigenvalue weighted by atomic mass is 79.9. The molecule has 0 saturated heterocycles. The summed E-state index contributed by atoms with van der Waals surface area (Å²) in [6, 6.07) is 8.44. The molecule has 2 rings (SSSR count). The molecule has 1 aromatic carbocycles. The van der Waals surface area contributed by atoms with E-state index in [-0.39, 0.29) is 4.21 Å². The summed E-state index contributed by atoms with van der Waals surface area (Å²) < 4.78 is 27.4. The van der Waals surface area contributed by atoms with Crippen molar-refractivity contribution in [2.75, 3.05) is 10.5 Å². The van der Waals surface area contributed by atoms with Crippen molar-refractivity contribution in [1.29, 1.82) is 0 Å². The van der Waals surface area contributed by atoms with Crippen molar-refractivity contribution in [3.8, 4) is 0 Å². The van der Waals surface area contributed by atoms with Gasteiger partial charge in [-0.05, 0) is 34.1 Å². The number of nitrogen functional groups attached to an aromatic ring is 1. The van der Waals surface area contributed by atoms with Crippen LogP contribution in [0, 0.1) is 0 Å². The van der Waals surface area contributed by atoms with E-state index < -0.39 is 10.0 Å². The van der Waals surface area contributed by atoms with Gasteiger partial charge in [-0.2, -0.15) is 0 Å². The minimum absolute atomic E-state index is 0.200. The molecule has 0 bridgehead atoms. The van der Waals surface area contributed by atoms with Crippen molar-refractivity contribution in [1.82, 2.24) is 0 Å². The Morgan fingerprint density at radius 3 is 2.59 bits per heavy atom. The van der Waals surface area contributed by atoms with Crippen LogP contribution in [0.3, 0.4) is 0 Å². The van der Waals surface area contributed by atoms with Gasteiger partial charge in [-0.25, -0.2) is 8.42 Å². The molecule has 1 aromatic heterocycles. The number of anilines is 2. The SMILES string of the molecule is Nc1csc(S(=O)(=O)Nc2ccccc2Br)c1. The molecule has 4 nitrogen and oxygen atoms in total. The van der Waals surface area contributed by atoms with Crippen molar-refractivity contribution in [2.45, 2.75) is 4.21 Å². The zero-order valence-electron chi connectivity index (χ0n) is 8.55. The lowest BCUT2D eigenvalue weighted by molar-refractivity contribution is 0.603. The molecule has 17 heavy (non-hydrogen) atoms. The average Bonchev–Trinajstić information content (AvgIpc) is 2.69. The molecular weight excluding hydrogens is 324 g/mol. The molecule has 0 spiro atoms. The van der Waals surface area contributed by atoms with Gasteiger partial charge in [0.05, 0.1) is 5.69 Å². The van der Waals surface area contributed by atoms with E-state index in [1.54, 1.807) is 23.6 Å². The van der Waals surface area contributed by atoms with Crippen LogP contribution >= 0.6 is 27.3 Å². The number of nitrogens with one attached hydrogen (secondary N) is 1.